The summed E-state index contributed by atoms with van der Waals surface area (Å²) in [5.74, 6) is -1.24. The first-order valence-electron chi connectivity index (χ1n) is 2.41. The summed E-state index contributed by atoms with van der Waals surface area (Å²) in [6.45, 7) is 0. The number of nitrogens with zero attached hydrogens (tertiary/aromatic N) is 2. The molecule has 4 nitrogen and oxygen atoms in total. The topological polar surface area (TPSA) is 58.0 Å². The van der Waals surface area contributed by atoms with Crippen LogP contribution in [0.25, 0.3) is 0 Å². The van der Waals surface area contributed by atoms with Gasteiger partial charge in [-0.25, -0.2) is 0 Å². The van der Waals surface area contributed by atoms with E-state index in [1.165, 1.54) is 10.7 Å². The van der Waals surface area contributed by atoms with Gasteiger partial charge >= 0.3 is 0 Å². The highest BCUT2D eigenvalue weighted by molar-refractivity contribution is 5.83. The van der Waals surface area contributed by atoms with Crippen molar-refractivity contribution in [2.24, 2.45) is 7.05 Å². The lowest BCUT2D eigenvalue weighted by Crippen LogP contribution is -2.22. The van der Waals surface area contributed by atoms with Crippen LogP contribution in [0.3, 0.4) is 0 Å². The Morgan fingerprint density at radius 3 is 2.78 bits per heavy atom. The van der Waals surface area contributed by atoms with Crippen molar-refractivity contribution in [1.82, 2.24) is 9.78 Å². The average Bonchev–Trinajstić information content (AvgIpc) is 2.14. The van der Waals surface area contributed by atoms with Crippen molar-refractivity contribution in [1.29, 1.82) is 0 Å². The standard InChI is InChI=1S/C5H6N2O2/c1-7-3-2-4(6-7)5(8)9/h2-3H,1H3,(H,8,9)/p-1. The minimum atomic E-state index is -1.24. The summed E-state index contributed by atoms with van der Waals surface area (Å²) in [6.07, 6.45) is 1.55. The van der Waals surface area contributed by atoms with Gasteiger partial charge in [-0.05, 0) is 6.07 Å². The zero-order chi connectivity index (χ0) is 6.85. The molecular weight excluding hydrogens is 120 g/mol. The molecule has 0 saturated carbocycles. The highest BCUT2D eigenvalue weighted by Gasteiger charge is 1.93. The molecule has 0 N–H and O–H groups in total. The molecule has 1 aromatic heterocycles. The second-order valence-electron chi connectivity index (χ2n) is 1.66. The Balaban J connectivity index is 2.98. The van der Waals surface area contributed by atoms with Gasteiger partial charge < -0.3 is 9.90 Å². The fraction of sp³-hybridized carbons (Fsp3) is 0.200. The van der Waals surface area contributed by atoms with E-state index in [1.54, 1.807) is 13.2 Å². The molecule has 0 bridgehead atoms. The van der Waals surface area contributed by atoms with E-state index in [0.717, 1.165) is 0 Å². The van der Waals surface area contributed by atoms with Crippen molar-refractivity contribution >= 4 is 5.97 Å². The minimum absolute atomic E-state index is 0.0301. The minimum Gasteiger partial charge on any atom is -0.543 e. The molecule has 48 valence electrons. The van der Waals surface area contributed by atoms with Crippen LogP contribution < -0.4 is 5.11 Å². The van der Waals surface area contributed by atoms with Crippen LogP contribution in [0.1, 0.15) is 10.5 Å². The summed E-state index contributed by atoms with van der Waals surface area (Å²) in [5.41, 5.74) is -0.0301. The van der Waals surface area contributed by atoms with E-state index < -0.39 is 5.97 Å². The van der Waals surface area contributed by atoms with Crippen LogP contribution in [0.4, 0.5) is 0 Å². The van der Waals surface area contributed by atoms with Crippen LogP contribution in [0.15, 0.2) is 12.3 Å². The second kappa shape index (κ2) is 1.89. The van der Waals surface area contributed by atoms with Crippen molar-refractivity contribution in [2.45, 2.75) is 0 Å². The Morgan fingerprint density at radius 2 is 2.56 bits per heavy atom. The van der Waals surface area contributed by atoms with Crippen molar-refractivity contribution in [3.05, 3.63) is 18.0 Å². The van der Waals surface area contributed by atoms with Gasteiger partial charge in [0.1, 0.15) is 5.69 Å². The van der Waals surface area contributed by atoms with Gasteiger partial charge in [-0.15, -0.1) is 0 Å². The summed E-state index contributed by atoms with van der Waals surface area (Å²) in [5, 5.41) is 13.6. The molecule has 0 saturated heterocycles. The summed E-state index contributed by atoms with van der Waals surface area (Å²) >= 11 is 0. The quantitative estimate of drug-likeness (QED) is 0.473. The monoisotopic (exact) mass is 125 g/mol. The van der Waals surface area contributed by atoms with Gasteiger partial charge in [0, 0.05) is 13.2 Å². The molecule has 0 unspecified atom stereocenters. The highest BCUT2D eigenvalue weighted by Crippen LogP contribution is 1.89. The molecule has 9 heavy (non-hydrogen) atoms. The summed E-state index contributed by atoms with van der Waals surface area (Å²) in [7, 11) is 1.65. The Bertz CT molecular complexity index is 229. The van der Waals surface area contributed by atoms with Crippen LogP contribution in [0.2, 0.25) is 0 Å². The number of rotatable bonds is 1. The maximum absolute atomic E-state index is 10.0. The molecule has 0 aliphatic carbocycles. The van der Waals surface area contributed by atoms with Crippen molar-refractivity contribution in [3.63, 3.8) is 0 Å². The maximum Gasteiger partial charge on any atom is 0.108 e. The molecule has 0 aromatic carbocycles. The number of carboxylic acid groups (broad SMARTS) is 1. The molecule has 0 fully saturated rings. The van der Waals surface area contributed by atoms with E-state index in [1.807, 2.05) is 0 Å². The average molecular weight is 125 g/mol. The normalized spacial score (nSPS) is 9.44. The van der Waals surface area contributed by atoms with E-state index >= 15 is 0 Å². The van der Waals surface area contributed by atoms with E-state index in [4.69, 9.17) is 0 Å². The number of aryl methyl sites for hydroxylation is 1. The lowest BCUT2D eigenvalue weighted by Gasteiger charge is -1.92. The van der Waals surface area contributed by atoms with E-state index in [0.29, 0.717) is 0 Å². The third kappa shape index (κ3) is 1.07. The fourth-order valence-corrected chi connectivity index (χ4v) is 0.524. The number of aromatic nitrogens is 2. The van der Waals surface area contributed by atoms with E-state index in [2.05, 4.69) is 5.10 Å². The molecule has 1 aromatic rings. The number of aromatic carboxylic acids is 1. The number of carbonyl (C=O) groups is 1. The van der Waals surface area contributed by atoms with Crippen LogP contribution in [0, 0.1) is 0 Å². The first-order chi connectivity index (χ1) is 4.20. The third-order valence-electron chi connectivity index (χ3n) is 0.923. The van der Waals surface area contributed by atoms with Crippen LogP contribution >= 0.6 is 0 Å². The lowest BCUT2D eigenvalue weighted by molar-refractivity contribution is -0.255. The first kappa shape index (κ1) is 5.81. The van der Waals surface area contributed by atoms with Crippen molar-refractivity contribution in [3.8, 4) is 0 Å². The predicted molar refractivity (Wildman–Crippen MR) is 27.5 cm³/mol. The molecule has 0 aliphatic heterocycles. The van der Waals surface area contributed by atoms with Gasteiger partial charge in [0.15, 0.2) is 0 Å². The molecule has 0 amide bonds. The zero-order valence-corrected chi connectivity index (χ0v) is 4.87. The molecule has 1 rings (SSSR count). The number of carbonyl (C=O) groups excluding carboxylic acids is 1. The van der Waals surface area contributed by atoms with E-state index in [9.17, 15) is 9.90 Å². The Morgan fingerprint density at radius 1 is 1.89 bits per heavy atom. The summed E-state index contributed by atoms with van der Waals surface area (Å²) in [4.78, 5) is 10.0. The van der Waals surface area contributed by atoms with Crippen molar-refractivity contribution < 1.29 is 9.90 Å². The van der Waals surface area contributed by atoms with Gasteiger partial charge in [-0.1, -0.05) is 0 Å². The van der Waals surface area contributed by atoms with Gasteiger partial charge in [-0.2, -0.15) is 5.10 Å². The molecule has 0 radical (unpaired) electrons. The number of carboxylic acids is 1. The van der Waals surface area contributed by atoms with Crippen LogP contribution in [0.5, 0.6) is 0 Å². The van der Waals surface area contributed by atoms with Gasteiger partial charge in [0.25, 0.3) is 0 Å². The maximum atomic E-state index is 10.0. The molecular formula is C5H5N2O2-. The Hall–Kier alpha value is -1.32. The van der Waals surface area contributed by atoms with Crippen LogP contribution in [-0.2, 0) is 7.05 Å². The highest BCUT2D eigenvalue weighted by atomic mass is 16.4. The van der Waals surface area contributed by atoms with E-state index in [-0.39, 0.29) is 5.69 Å². The smallest absolute Gasteiger partial charge is 0.108 e. The summed E-state index contributed by atoms with van der Waals surface area (Å²) in [6, 6.07) is 1.38. The second-order valence-corrected chi connectivity index (χ2v) is 1.66. The SMILES string of the molecule is Cn1ccc(C(=O)[O-])n1. The van der Waals surface area contributed by atoms with Crippen molar-refractivity contribution in [2.75, 3.05) is 0 Å². The Labute approximate surface area is 51.7 Å². The fourth-order valence-electron chi connectivity index (χ4n) is 0.524. The first-order valence-corrected chi connectivity index (χ1v) is 2.41. The molecule has 1 heterocycles. The van der Waals surface area contributed by atoms with Gasteiger partial charge in [0.2, 0.25) is 0 Å². The number of hydrogen-bond donors (Lipinski definition) is 0. The molecule has 0 atom stereocenters. The molecule has 0 spiro atoms. The molecule has 0 aliphatic rings. The molecule has 4 heteroatoms. The Kier molecular flexibility index (Phi) is 1.22. The predicted octanol–water partition coefficient (Wildman–Crippen LogP) is -1.22. The van der Waals surface area contributed by atoms with Gasteiger partial charge in [-0.3, -0.25) is 4.68 Å². The lowest BCUT2D eigenvalue weighted by atomic mass is 10.5. The van der Waals surface area contributed by atoms with Gasteiger partial charge in [0.05, 0.1) is 5.97 Å². The third-order valence-corrected chi connectivity index (χ3v) is 0.923. The zero-order valence-electron chi connectivity index (χ0n) is 4.87. The largest absolute Gasteiger partial charge is 0.543 e. The van der Waals surface area contributed by atoms with Crippen LogP contribution in [-0.4, -0.2) is 15.7 Å². The number of hydrogen-bond acceptors (Lipinski definition) is 3. The summed E-state index contributed by atoms with van der Waals surface area (Å²) < 4.78 is 1.41.